The number of carboxylic acid groups (broad SMARTS) is 1. The molecule has 0 aliphatic carbocycles. The van der Waals surface area contributed by atoms with E-state index in [9.17, 15) is 19.1 Å². The smallest absolute Gasteiger partial charge is 0.311 e. The summed E-state index contributed by atoms with van der Waals surface area (Å²) in [4.78, 5) is 26.5. The van der Waals surface area contributed by atoms with Gasteiger partial charge in [-0.25, -0.2) is 4.98 Å². The molecule has 0 spiro atoms. The second-order valence-corrected chi connectivity index (χ2v) is 4.32. The van der Waals surface area contributed by atoms with Crippen molar-refractivity contribution in [1.82, 2.24) is 10.3 Å². The minimum absolute atomic E-state index is 0.00758. The Morgan fingerprint density at radius 1 is 1.37 bits per heavy atom. The van der Waals surface area contributed by atoms with Gasteiger partial charge < -0.3 is 10.4 Å². The van der Waals surface area contributed by atoms with E-state index in [0.717, 1.165) is 6.07 Å². The summed E-state index contributed by atoms with van der Waals surface area (Å²) in [6, 6.07) is 3.89. The van der Waals surface area contributed by atoms with Crippen LogP contribution in [-0.4, -0.2) is 28.5 Å². The Labute approximate surface area is 110 Å². The number of nitrogens with zero attached hydrogens (tertiary/aromatic N) is 1. The molecular weight excluding hydrogens is 251 g/mol. The van der Waals surface area contributed by atoms with Gasteiger partial charge >= 0.3 is 5.97 Å². The average Bonchev–Trinajstić information content (AvgIpc) is 2.40. The van der Waals surface area contributed by atoms with Gasteiger partial charge in [-0.2, -0.15) is 4.39 Å². The van der Waals surface area contributed by atoms with Crippen molar-refractivity contribution < 1.29 is 19.1 Å². The van der Waals surface area contributed by atoms with Crippen molar-refractivity contribution >= 4 is 11.9 Å². The van der Waals surface area contributed by atoms with Crippen LogP contribution in [0.15, 0.2) is 18.2 Å². The third-order valence-corrected chi connectivity index (χ3v) is 3.34. The first kappa shape index (κ1) is 15.1. The van der Waals surface area contributed by atoms with Crippen LogP contribution in [-0.2, 0) is 4.79 Å². The highest BCUT2D eigenvalue weighted by molar-refractivity contribution is 5.92. The average molecular weight is 268 g/mol. The summed E-state index contributed by atoms with van der Waals surface area (Å²) < 4.78 is 12.9. The summed E-state index contributed by atoms with van der Waals surface area (Å²) in [6.07, 6.45) is 0.797. The lowest BCUT2D eigenvalue weighted by molar-refractivity contribution is -0.149. The molecule has 1 amide bonds. The first-order valence-corrected chi connectivity index (χ1v) is 6.09. The number of pyridine rings is 1. The quantitative estimate of drug-likeness (QED) is 0.771. The number of hydrogen-bond donors (Lipinski definition) is 2. The predicted octanol–water partition coefficient (Wildman–Crippen LogP) is 1.84. The maximum absolute atomic E-state index is 12.9. The van der Waals surface area contributed by atoms with Crippen LogP contribution in [0.25, 0.3) is 0 Å². The van der Waals surface area contributed by atoms with E-state index in [1.807, 2.05) is 0 Å². The number of halogens is 1. The molecule has 0 bridgehead atoms. The van der Waals surface area contributed by atoms with Crippen molar-refractivity contribution in [2.75, 3.05) is 6.54 Å². The van der Waals surface area contributed by atoms with Crippen molar-refractivity contribution in [2.24, 2.45) is 5.41 Å². The highest BCUT2D eigenvalue weighted by Crippen LogP contribution is 2.25. The second kappa shape index (κ2) is 6.26. The van der Waals surface area contributed by atoms with Gasteiger partial charge in [-0.3, -0.25) is 9.59 Å². The Balaban J connectivity index is 2.75. The van der Waals surface area contributed by atoms with Gasteiger partial charge in [0.2, 0.25) is 5.95 Å². The molecule has 0 aliphatic rings. The Morgan fingerprint density at radius 3 is 2.47 bits per heavy atom. The van der Waals surface area contributed by atoms with Gasteiger partial charge in [0.25, 0.3) is 5.91 Å². The minimum atomic E-state index is -0.997. The molecule has 1 rings (SSSR count). The normalized spacial score (nSPS) is 11.1. The molecule has 0 fully saturated rings. The van der Waals surface area contributed by atoms with E-state index >= 15 is 0 Å². The Kier molecular flexibility index (Phi) is 4.97. The van der Waals surface area contributed by atoms with E-state index in [-0.39, 0.29) is 12.2 Å². The second-order valence-electron chi connectivity index (χ2n) is 4.32. The highest BCUT2D eigenvalue weighted by atomic mass is 19.1. The largest absolute Gasteiger partial charge is 0.481 e. The van der Waals surface area contributed by atoms with E-state index in [1.54, 1.807) is 13.8 Å². The molecule has 0 atom stereocenters. The molecule has 1 aromatic rings. The van der Waals surface area contributed by atoms with Crippen LogP contribution in [0.2, 0.25) is 0 Å². The van der Waals surface area contributed by atoms with E-state index in [4.69, 9.17) is 0 Å². The molecule has 104 valence electrons. The summed E-state index contributed by atoms with van der Waals surface area (Å²) >= 11 is 0. The Bertz CT molecular complexity index is 473. The number of aromatic nitrogens is 1. The topological polar surface area (TPSA) is 79.3 Å². The SMILES string of the molecule is CCC(CC)(CNC(=O)c1cccc(F)n1)C(=O)O. The number of aliphatic carboxylic acids is 1. The molecule has 5 nitrogen and oxygen atoms in total. The molecule has 0 aliphatic heterocycles. The fourth-order valence-electron chi connectivity index (χ4n) is 1.75. The van der Waals surface area contributed by atoms with Gasteiger partial charge in [-0.15, -0.1) is 0 Å². The summed E-state index contributed by atoms with van der Waals surface area (Å²) in [7, 11) is 0. The van der Waals surface area contributed by atoms with Crippen LogP contribution >= 0.6 is 0 Å². The van der Waals surface area contributed by atoms with Crippen LogP contribution in [0, 0.1) is 11.4 Å². The molecule has 0 saturated carbocycles. The predicted molar refractivity (Wildman–Crippen MR) is 67.2 cm³/mol. The molecule has 0 saturated heterocycles. The zero-order valence-corrected chi connectivity index (χ0v) is 10.9. The van der Waals surface area contributed by atoms with Gasteiger partial charge in [-0.1, -0.05) is 19.9 Å². The molecule has 1 heterocycles. The number of carbonyl (C=O) groups excluding carboxylic acids is 1. The number of carbonyl (C=O) groups is 2. The molecule has 2 N–H and O–H groups in total. The summed E-state index contributed by atoms with van der Waals surface area (Å²) in [5, 5.41) is 11.7. The lowest BCUT2D eigenvalue weighted by atomic mass is 9.82. The first-order valence-electron chi connectivity index (χ1n) is 6.09. The number of hydrogen-bond acceptors (Lipinski definition) is 3. The lowest BCUT2D eigenvalue weighted by Crippen LogP contribution is -2.42. The fourth-order valence-corrected chi connectivity index (χ4v) is 1.75. The maximum Gasteiger partial charge on any atom is 0.311 e. The van der Waals surface area contributed by atoms with Crippen LogP contribution in [0.3, 0.4) is 0 Å². The van der Waals surface area contributed by atoms with Crippen molar-refractivity contribution in [3.8, 4) is 0 Å². The minimum Gasteiger partial charge on any atom is -0.481 e. The first-order chi connectivity index (χ1) is 8.95. The Hall–Kier alpha value is -1.98. The van der Waals surface area contributed by atoms with Crippen LogP contribution in [0.1, 0.15) is 37.2 Å². The molecular formula is C13H17FN2O3. The zero-order chi connectivity index (χ0) is 14.5. The van der Waals surface area contributed by atoms with Gasteiger partial charge in [0.1, 0.15) is 5.69 Å². The van der Waals surface area contributed by atoms with Gasteiger partial charge in [0.15, 0.2) is 0 Å². The van der Waals surface area contributed by atoms with Crippen LogP contribution in [0.5, 0.6) is 0 Å². The number of carboxylic acids is 1. The van der Waals surface area contributed by atoms with Crippen LogP contribution in [0.4, 0.5) is 4.39 Å². The summed E-state index contributed by atoms with van der Waals surface area (Å²) in [5.41, 5.74) is -1.06. The zero-order valence-electron chi connectivity index (χ0n) is 10.9. The molecule has 0 aromatic carbocycles. The third kappa shape index (κ3) is 3.49. The number of rotatable bonds is 6. The monoisotopic (exact) mass is 268 g/mol. The lowest BCUT2D eigenvalue weighted by Gasteiger charge is -2.26. The third-order valence-electron chi connectivity index (χ3n) is 3.34. The van der Waals surface area contributed by atoms with E-state index in [1.165, 1.54) is 12.1 Å². The van der Waals surface area contributed by atoms with Crippen molar-refractivity contribution in [1.29, 1.82) is 0 Å². The van der Waals surface area contributed by atoms with Gasteiger partial charge in [-0.05, 0) is 25.0 Å². The summed E-state index contributed by atoms with van der Waals surface area (Å²) in [6.45, 7) is 3.50. The highest BCUT2D eigenvalue weighted by Gasteiger charge is 2.35. The van der Waals surface area contributed by atoms with Gasteiger partial charge in [0.05, 0.1) is 5.41 Å². The van der Waals surface area contributed by atoms with Crippen molar-refractivity contribution in [3.05, 3.63) is 29.8 Å². The fraction of sp³-hybridized carbons (Fsp3) is 0.462. The molecule has 1 aromatic heterocycles. The molecule has 19 heavy (non-hydrogen) atoms. The molecule has 0 radical (unpaired) electrons. The van der Waals surface area contributed by atoms with E-state index in [0.29, 0.717) is 12.8 Å². The van der Waals surface area contributed by atoms with Gasteiger partial charge in [0, 0.05) is 6.54 Å². The molecule has 0 unspecified atom stereocenters. The van der Waals surface area contributed by atoms with Crippen LogP contribution < -0.4 is 5.32 Å². The number of amides is 1. The standard InChI is InChI=1S/C13H17FN2O3/c1-3-13(4-2,12(18)19)8-15-11(17)9-6-5-7-10(14)16-9/h5-7H,3-4,8H2,1-2H3,(H,15,17)(H,18,19). The van der Waals surface area contributed by atoms with E-state index in [2.05, 4.69) is 10.3 Å². The van der Waals surface area contributed by atoms with Crippen molar-refractivity contribution in [3.63, 3.8) is 0 Å². The molecule has 6 heteroatoms. The number of nitrogens with one attached hydrogen (secondary N) is 1. The summed E-state index contributed by atoms with van der Waals surface area (Å²) in [5.74, 6) is -2.28. The maximum atomic E-state index is 12.9. The van der Waals surface area contributed by atoms with Crippen molar-refractivity contribution in [2.45, 2.75) is 26.7 Å². The van der Waals surface area contributed by atoms with E-state index < -0.39 is 23.2 Å². The Morgan fingerprint density at radius 2 is 2.00 bits per heavy atom.